The minimum atomic E-state index is 0.000828. The van der Waals surface area contributed by atoms with Gasteiger partial charge < -0.3 is 10.2 Å². The van der Waals surface area contributed by atoms with E-state index in [0.717, 1.165) is 24.3 Å². The largest absolute Gasteiger partial charge is 0.385 e. The molecule has 0 unspecified atom stereocenters. The smallest absolute Gasteiger partial charge is 0.258 e. The summed E-state index contributed by atoms with van der Waals surface area (Å²) in [7, 11) is 1.80. The topological polar surface area (TPSA) is 32.3 Å². The van der Waals surface area contributed by atoms with Crippen LogP contribution in [0.5, 0.6) is 0 Å². The van der Waals surface area contributed by atoms with Crippen LogP contribution in [0.15, 0.2) is 48.5 Å². The lowest BCUT2D eigenvalue weighted by atomic mass is 10.1. The van der Waals surface area contributed by atoms with Crippen LogP contribution in [-0.2, 0) is 0 Å². The van der Waals surface area contributed by atoms with Crippen molar-refractivity contribution in [2.45, 2.75) is 20.3 Å². The lowest BCUT2D eigenvalue weighted by Crippen LogP contribution is -2.26. The number of amides is 1. The third-order valence-corrected chi connectivity index (χ3v) is 3.44. The first-order valence-electron chi connectivity index (χ1n) is 7.30. The zero-order valence-electron chi connectivity index (χ0n) is 12.9. The van der Waals surface area contributed by atoms with E-state index in [0.29, 0.717) is 5.56 Å². The maximum absolute atomic E-state index is 12.5. The summed E-state index contributed by atoms with van der Waals surface area (Å²) in [4.78, 5) is 14.1. The number of carbonyl (C=O) groups is 1. The van der Waals surface area contributed by atoms with E-state index >= 15 is 0 Å². The maximum Gasteiger partial charge on any atom is 0.258 e. The van der Waals surface area contributed by atoms with Crippen LogP contribution in [0.2, 0.25) is 0 Å². The van der Waals surface area contributed by atoms with E-state index < -0.39 is 0 Å². The monoisotopic (exact) mass is 282 g/mol. The first kappa shape index (κ1) is 15.1. The van der Waals surface area contributed by atoms with Crippen LogP contribution in [0.25, 0.3) is 0 Å². The van der Waals surface area contributed by atoms with Crippen LogP contribution in [-0.4, -0.2) is 19.5 Å². The number of benzene rings is 2. The molecule has 0 bridgehead atoms. The average Bonchev–Trinajstić information content (AvgIpc) is 2.53. The van der Waals surface area contributed by atoms with Gasteiger partial charge in [-0.15, -0.1) is 0 Å². The summed E-state index contributed by atoms with van der Waals surface area (Å²) < 4.78 is 0. The van der Waals surface area contributed by atoms with Gasteiger partial charge in [0.15, 0.2) is 0 Å². The lowest BCUT2D eigenvalue weighted by Gasteiger charge is -2.18. The Hall–Kier alpha value is -2.29. The second kappa shape index (κ2) is 6.93. The Balaban J connectivity index is 2.10. The van der Waals surface area contributed by atoms with Crippen molar-refractivity contribution >= 4 is 17.3 Å². The Morgan fingerprint density at radius 1 is 1.05 bits per heavy atom. The number of anilines is 2. The number of hydrogen-bond donors (Lipinski definition) is 1. The predicted octanol–water partition coefficient (Wildman–Crippen LogP) is 4.09. The molecule has 0 saturated heterocycles. The Kier molecular flexibility index (Phi) is 4.99. The molecule has 21 heavy (non-hydrogen) atoms. The fraction of sp³-hybridized carbons (Fsp3) is 0.278. The molecule has 0 saturated carbocycles. The molecular formula is C18H22N2O. The van der Waals surface area contributed by atoms with Gasteiger partial charge in [-0.25, -0.2) is 0 Å². The minimum Gasteiger partial charge on any atom is -0.385 e. The second-order valence-corrected chi connectivity index (χ2v) is 5.20. The van der Waals surface area contributed by atoms with E-state index in [1.165, 1.54) is 5.56 Å². The highest BCUT2D eigenvalue weighted by molar-refractivity contribution is 6.05. The third-order valence-electron chi connectivity index (χ3n) is 3.44. The van der Waals surface area contributed by atoms with Gasteiger partial charge in [-0.3, -0.25) is 4.79 Å². The SMILES string of the molecule is CCCNc1ccc(C(=O)N(C)c2ccc(C)cc2)cc1. The van der Waals surface area contributed by atoms with Crippen molar-refractivity contribution in [2.24, 2.45) is 0 Å². The first-order chi connectivity index (χ1) is 10.1. The highest BCUT2D eigenvalue weighted by Gasteiger charge is 2.13. The van der Waals surface area contributed by atoms with E-state index in [4.69, 9.17) is 0 Å². The van der Waals surface area contributed by atoms with E-state index in [1.807, 2.05) is 55.5 Å². The molecule has 0 aliphatic heterocycles. The zero-order valence-corrected chi connectivity index (χ0v) is 12.9. The van der Waals surface area contributed by atoms with Crippen LogP contribution in [0, 0.1) is 6.92 Å². The summed E-state index contributed by atoms with van der Waals surface area (Å²) in [5, 5.41) is 3.30. The molecule has 0 aliphatic rings. The van der Waals surface area contributed by atoms with Gasteiger partial charge in [-0.05, 0) is 49.7 Å². The van der Waals surface area contributed by atoms with E-state index in [9.17, 15) is 4.79 Å². The van der Waals surface area contributed by atoms with Gasteiger partial charge in [0.25, 0.3) is 5.91 Å². The van der Waals surface area contributed by atoms with Crippen molar-refractivity contribution in [1.29, 1.82) is 0 Å². The quantitative estimate of drug-likeness (QED) is 0.895. The summed E-state index contributed by atoms with van der Waals surface area (Å²) >= 11 is 0. The summed E-state index contributed by atoms with van der Waals surface area (Å²) in [6.07, 6.45) is 1.08. The zero-order chi connectivity index (χ0) is 15.2. The van der Waals surface area contributed by atoms with Crippen LogP contribution in [0.4, 0.5) is 11.4 Å². The van der Waals surface area contributed by atoms with Crippen molar-refractivity contribution < 1.29 is 4.79 Å². The summed E-state index contributed by atoms with van der Waals surface area (Å²) in [6, 6.07) is 15.6. The normalized spacial score (nSPS) is 10.2. The Morgan fingerprint density at radius 2 is 1.67 bits per heavy atom. The van der Waals surface area contributed by atoms with Gasteiger partial charge in [-0.1, -0.05) is 24.6 Å². The van der Waals surface area contributed by atoms with Gasteiger partial charge in [0.05, 0.1) is 0 Å². The number of rotatable bonds is 5. The third kappa shape index (κ3) is 3.85. The molecule has 2 rings (SSSR count). The van der Waals surface area contributed by atoms with Crippen molar-refractivity contribution in [3.05, 3.63) is 59.7 Å². The lowest BCUT2D eigenvalue weighted by molar-refractivity contribution is 0.0993. The first-order valence-corrected chi connectivity index (χ1v) is 7.30. The van der Waals surface area contributed by atoms with Gasteiger partial charge in [0.2, 0.25) is 0 Å². The molecule has 0 spiro atoms. The van der Waals surface area contributed by atoms with Crippen molar-refractivity contribution in [2.75, 3.05) is 23.8 Å². The number of hydrogen-bond acceptors (Lipinski definition) is 2. The molecule has 0 fully saturated rings. The van der Waals surface area contributed by atoms with Crippen LogP contribution in [0.3, 0.4) is 0 Å². The van der Waals surface area contributed by atoms with Crippen LogP contribution in [0.1, 0.15) is 29.3 Å². The number of nitrogens with zero attached hydrogens (tertiary/aromatic N) is 1. The molecule has 1 amide bonds. The molecule has 0 heterocycles. The predicted molar refractivity (Wildman–Crippen MR) is 89.1 cm³/mol. The summed E-state index contributed by atoms with van der Waals surface area (Å²) in [5.74, 6) is 0.000828. The maximum atomic E-state index is 12.5. The highest BCUT2D eigenvalue weighted by Crippen LogP contribution is 2.17. The van der Waals surface area contributed by atoms with Gasteiger partial charge in [-0.2, -0.15) is 0 Å². The van der Waals surface area contributed by atoms with Crippen LogP contribution < -0.4 is 10.2 Å². The molecule has 0 atom stereocenters. The van der Waals surface area contributed by atoms with Gasteiger partial charge in [0.1, 0.15) is 0 Å². The Bertz CT molecular complexity index is 588. The Labute approximate surface area is 126 Å². The fourth-order valence-electron chi connectivity index (χ4n) is 2.08. The molecule has 3 nitrogen and oxygen atoms in total. The number of aryl methyl sites for hydroxylation is 1. The fourth-order valence-corrected chi connectivity index (χ4v) is 2.08. The molecule has 110 valence electrons. The molecule has 1 N–H and O–H groups in total. The van der Waals surface area contributed by atoms with Crippen molar-refractivity contribution in [1.82, 2.24) is 0 Å². The molecule has 0 aliphatic carbocycles. The van der Waals surface area contributed by atoms with Gasteiger partial charge in [0, 0.05) is 30.5 Å². The molecule has 0 aromatic heterocycles. The Morgan fingerprint density at radius 3 is 2.24 bits per heavy atom. The minimum absolute atomic E-state index is 0.000828. The van der Waals surface area contributed by atoms with Gasteiger partial charge >= 0.3 is 0 Å². The molecule has 2 aromatic carbocycles. The highest BCUT2D eigenvalue weighted by atomic mass is 16.2. The summed E-state index contributed by atoms with van der Waals surface area (Å²) in [6.45, 7) is 5.10. The number of carbonyl (C=O) groups excluding carboxylic acids is 1. The van der Waals surface area contributed by atoms with E-state index in [2.05, 4.69) is 12.2 Å². The number of nitrogens with one attached hydrogen (secondary N) is 1. The standard InChI is InChI=1S/C18H22N2O/c1-4-13-19-16-9-7-15(8-10-16)18(21)20(3)17-11-5-14(2)6-12-17/h5-12,19H,4,13H2,1-3H3. The van der Waals surface area contributed by atoms with Crippen molar-refractivity contribution in [3.63, 3.8) is 0 Å². The van der Waals surface area contributed by atoms with Crippen molar-refractivity contribution in [3.8, 4) is 0 Å². The summed E-state index contributed by atoms with van der Waals surface area (Å²) in [5.41, 5.74) is 3.83. The second-order valence-electron chi connectivity index (χ2n) is 5.20. The van der Waals surface area contributed by atoms with E-state index in [-0.39, 0.29) is 5.91 Å². The van der Waals surface area contributed by atoms with Crippen LogP contribution >= 0.6 is 0 Å². The van der Waals surface area contributed by atoms with E-state index in [1.54, 1.807) is 11.9 Å². The average molecular weight is 282 g/mol. The molecule has 3 heteroatoms. The molecule has 0 radical (unpaired) electrons. The molecule has 2 aromatic rings. The molecular weight excluding hydrogens is 260 g/mol.